The van der Waals surface area contributed by atoms with E-state index in [-0.39, 0.29) is 12.5 Å². The van der Waals surface area contributed by atoms with Crippen molar-refractivity contribution < 1.29 is 19.1 Å². The third-order valence-electron chi connectivity index (χ3n) is 3.92. The summed E-state index contributed by atoms with van der Waals surface area (Å²) in [4.78, 5) is 23.8. The standard InChI is InChI=1S/C21H21ClN2O4/c1-13(2)17-9-18(22)14(3)8-19(17)27-12-21(26)28-11-20(25)24-16-6-4-15(10-23)5-7-16/h4-9,13H,11-12H2,1-3H3,(H,24,25). The summed E-state index contributed by atoms with van der Waals surface area (Å²) in [6.07, 6.45) is 0. The Morgan fingerprint density at radius 2 is 1.86 bits per heavy atom. The van der Waals surface area contributed by atoms with Crippen molar-refractivity contribution in [3.8, 4) is 11.8 Å². The van der Waals surface area contributed by atoms with Crippen LogP contribution in [0, 0.1) is 18.3 Å². The molecule has 0 saturated heterocycles. The van der Waals surface area contributed by atoms with Crippen molar-refractivity contribution in [3.05, 3.63) is 58.1 Å². The molecule has 146 valence electrons. The number of ether oxygens (including phenoxy) is 2. The van der Waals surface area contributed by atoms with Crippen molar-refractivity contribution in [2.75, 3.05) is 18.5 Å². The van der Waals surface area contributed by atoms with Gasteiger partial charge in [-0.1, -0.05) is 25.4 Å². The van der Waals surface area contributed by atoms with Gasteiger partial charge in [0.2, 0.25) is 0 Å². The summed E-state index contributed by atoms with van der Waals surface area (Å²) < 4.78 is 10.5. The number of nitrogens with one attached hydrogen (secondary N) is 1. The van der Waals surface area contributed by atoms with E-state index in [0.29, 0.717) is 22.0 Å². The van der Waals surface area contributed by atoms with E-state index in [1.807, 2.05) is 32.9 Å². The first-order valence-corrected chi connectivity index (χ1v) is 9.06. The number of nitriles is 1. The highest BCUT2D eigenvalue weighted by atomic mass is 35.5. The predicted molar refractivity (Wildman–Crippen MR) is 107 cm³/mol. The van der Waals surface area contributed by atoms with E-state index in [1.54, 1.807) is 30.3 Å². The van der Waals surface area contributed by atoms with Crippen LogP contribution in [0.5, 0.6) is 5.75 Å². The Labute approximate surface area is 169 Å². The van der Waals surface area contributed by atoms with Crippen molar-refractivity contribution >= 4 is 29.2 Å². The Morgan fingerprint density at radius 3 is 2.46 bits per heavy atom. The fourth-order valence-electron chi connectivity index (χ4n) is 2.40. The number of carbonyl (C=O) groups is 2. The van der Waals surface area contributed by atoms with E-state index in [4.69, 9.17) is 26.3 Å². The Hall–Kier alpha value is -3.04. The molecule has 2 aromatic carbocycles. The number of benzene rings is 2. The largest absolute Gasteiger partial charge is 0.482 e. The molecule has 0 heterocycles. The van der Waals surface area contributed by atoms with Gasteiger partial charge in [-0.3, -0.25) is 4.79 Å². The molecule has 2 rings (SSSR count). The molecule has 28 heavy (non-hydrogen) atoms. The van der Waals surface area contributed by atoms with Gasteiger partial charge in [0.25, 0.3) is 5.91 Å². The average Bonchev–Trinajstić information content (AvgIpc) is 2.67. The Kier molecular flexibility index (Phi) is 7.42. The van der Waals surface area contributed by atoms with E-state index in [2.05, 4.69) is 5.32 Å². The summed E-state index contributed by atoms with van der Waals surface area (Å²) >= 11 is 6.15. The molecule has 0 unspecified atom stereocenters. The Bertz CT molecular complexity index is 902. The SMILES string of the molecule is Cc1cc(OCC(=O)OCC(=O)Nc2ccc(C#N)cc2)c(C(C)C)cc1Cl. The van der Waals surface area contributed by atoms with Crippen LogP contribution in [0.2, 0.25) is 5.02 Å². The van der Waals surface area contributed by atoms with Gasteiger partial charge in [-0.25, -0.2) is 4.79 Å². The third-order valence-corrected chi connectivity index (χ3v) is 4.33. The summed E-state index contributed by atoms with van der Waals surface area (Å²) in [7, 11) is 0. The second-order valence-corrected chi connectivity index (χ2v) is 6.89. The monoisotopic (exact) mass is 400 g/mol. The summed E-state index contributed by atoms with van der Waals surface area (Å²) in [6.45, 7) is 5.11. The highest BCUT2D eigenvalue weighted by Crippen LogP contribution is 2.31. The highest BCUT2D eigenvalue weighted by molar-refractivity contribution is 6.31. The molecule has 0 fully saturated rings. The van der Waals surface area contributed by atoms with Crippen molar-refractivity contribution in [1.29, 1.82) is 5.26 Å². The number of esters is 1. The van der Waals surface area contributed by atoms with Gasteiger partial charge in [-0.05, 0) is 60.4 Å². The summed E-state index contributed by atoms with van der Waals surface area (Å²) in [5, 5.41) is 12.0. The number of nitrogens with zero attached hydrogens (tertiary/aromatic N) is 1. The number of halogens is 1. The lowest BCUT2D eigenvalue weighted by Gasteiger charge is -2.15. The molecule has 2 aromatic rings. The molecule has 0 atom stereocenters. The topological polar surface area (TPSA) is 88.4 Å². The minimum absolute atomic E-state index is 0.169. The molecule has 1 amide bonds. The first kappa shape index (κ1) is 21.3. The van der Waals surface area contributed by atoms with Gasteiger partial charge in [-0.2, -0.15) is 5.26 Å². The van der Waals surface area contributed by atoms with Crippen LogP contribution in [0.4, 0.5) is 5.69 Å². The molecular weight excluding hydrogens is 380 g/mol. The van der Waals surface area contributed by atoms with Crippen LogP contribution >= 0.6 is 11.6 Å². The van der Waals surface area contributed by atoms with Crippen molar-refractivity contribution in [1.82, 2.24) is 0 Å². The zero-order chi connectivity index (χ0) is 20.7. The van der Waals surface area contributed by atoms with Gasteiger partial charge >= 0.3 is 5.97 Å². The fourth-order valence-corrected chi connectivity index (χ4v) is 2.57. The van der Waals surface area contributed by atoms with Crippen LogP contribution in [0.25, 0.3) is 0 Å². The lowest BCUT2D eigenvalue weighted by Crippen LogP contribution is -2.23. The van der Waals surface area contributed by atoms with Gasteiger partial charge in [0.1, 0.15) is 5.75 Å². The number of carbonyl (C=O) groups excluding carboxylic acids is 2. The molecule has 0 aliphatic rings. The van der Waals surface area contributed by atoms with E-state index < -0.39 is 18.5 Å². The number of aryl methyl sites for hydroxylation is 1. The maximum Gasteiger partial charge on any atom is 0.344 e. The maximum absolute atomic E-state index is 11.9. The molecule has 0 aliphatic heterocycles. The molecule has 0 saturated carbocycles. The zero-order valence-corrected chi connectivity index (χ0v) is 16.7. The smallest absolute Gasteiger partial charge is 0.344 e. The predicted octanol–water partition coefficient (Wildman–Crippen LogP) is 4.20. The van der Waals surface area contributed by atoms with Gasteiger partial charge in [-0.15, -0.1) is 0 Å². The first-order chi connectivity index (χ1) is 13.3. The summed E-state index contributed by atoms with van der Waals surface area (Å²) in [5.41, 5.74) is 2.73. The maximum atomic E-state index is 11.9. The minimum Gasteiger partial charge on any atom is -0.482 e. The molecular formula is C21H21ClN2O4. The van der Waals surface area contributed by atoms with E-state index in [9.17, 15) is 9.59 Å². The van der Waals surface area contributed by atoms with Crippen molar-refractivity contribution in [2.45, 2.75) is 26.7 Å². The average molecular weight is 401 g/mol. The number of rotatable bonds is 7. The molecule has 6 nitrogen and oxygen atoms in total. The molecule has 0 bridgehead atoms. The number of hydrogen-bond donors (Lipinski definition) is 1. The van der Waals surface area contributed by atoms with Crippen LogP contribution < -0.4 is 10.1 Å². The molecule has 0 aromatic heterocycles. The van der Waals surface area contributed by atoms with Crippen molar-refractivity contribution in [2.24, 2.45) is 0 Å². The number of anilines is 1. The number of hydrogen-bond acceptors (Lipinski definition) is 5. The third kappa shape index (κ3) is 6.00. The van der Waals surface area contributed by atoms with E-state index >= 15 is 0 Å². The summed E-state index contributed by atoms with van der Waals surface area (Å²) in [6, 6.07) is 11.9. The van der Waals surface area contributed by atoms with Gasteiger partial charge < -0.3 is 14.8 Å². The molecule has 0 aliphatic carbocycles. The van der Waals surface area contributed by atoms with Gasteiger partial charge in [0.05, 0.1) is 11.6 Å². The summed E-state index contributed by atoms with van der Waals surface area (Å²) in [5.74, 6) is -0.404. The Morgan fingerprint density at radius 1 is 1.18 bits per heavy atom. The van der Waals surface area contributed by atoms with E-state index in [0.717, 1.165) is 11.1 Å². The molecule has 1 N–H and O–H groups in total. The molecule has 0 spiro atoms. The second kappa shape index (κ2) is 9.77. The first-order valence-electron chi connectivity index (χ1n) is 8.68. The van der Waals surface area contributed by atoms with Crippen LogP contribution in [0.1, 0.15) is 36.5 Å². The molecule has 0 radical (unpaired) electrons. The van der Waals surface area contributed by atoms with Crippen molar-refractivity contribution in [3.63, 3.8) is 0 Å². The Balaban J connectivity index is 1.85. The van der Waals surface area contributed by atoms with Gasteiger partial charge in [0, 0.05) is 10.7 Å². The van der Waals surface area contributed by atoms with Crippen LogP contribution in [-0.4, -0.2) is 25.1 Å². The highest BCUT2D eigenvalue weighted by Gasteiger charge is 2.14. The molecule has 7 heteroatoms. The fraction of sp³-hybridized carbons (Fsp3) is 0.286. The van der Waals surface area contributed by atoms with E-state index in [1.165, 1.54) is 0 Å². The zero-order valence-electron chi connectivity index (χ0n) is 15.9. The van der Waals surface area contributed by atoms with Crippen LogP contribution in [-0.2, 0) is 14.3 Å². The quantitative estimate of drug-likeness (QED) is 0.703. The lowest BCUT2D eigenvalue weighted by atomic mass is 10.0. The van der Waals surface area contributed by atoms with Gasteiger partial charge in [0.15, 0.2) is 13.2 Å². The number of amides is 1. The van der Waals surface area contributed by atoms with Crippen LogP contribution in [0.3, 0.4) is 0 Å². The van der Waals surface area contributed by atoms with Crippen LogP contribution in [0.15, 0.2) is 36.4 Å². The minimum atomic E-state index is -0.655. The second-order valence-electron chi connectivity index (χ2n) is 6.48. The lowest BCUT2D eigenvalue weighted by molar-refractivity contribution is -0.149. The normalized spacial score (nSPS) is 10.3.